The summed E-state index contributed by atoms with van der Waals surface area (Å²) in [6.07, 6.45) is 5.39. The number of phenolic OH excluding ortho intramolecular Hbond substituents is 1. The van der Waals surface area contributed by atoms with Crippen molar-refractivity contribution in [2.45, 2.75) is 0 Å². The average Bonchev–Trinajstić information content (AvgIpc) is 2.60. The molecule has 1 heterocycles. The molecule has 0 unspecified atom stereocenters. The minimum atomic E-state index is 0.232. The molecule has 0 bridgehead atoms. The number of ether oxygens (including phenoxy) is 1. The molecule has 1 aromatic heterocycles. The van der Waals surface area contributed by atoms with Crippen molar-refractivity contribution in [1.29, 1.82) is 0 Å². The molecule has 0 fully saturated rings. The van der Waals surface area contributed by atoms with Crippen LogP contribution in [0.15, 0.2) is 60.8 Å². The van der Waals surface area contributed by atoms with E-state index in [1.807, 2.05) is 48.6 Å². The van der Waals surface area contributed by atoms with E-state index in [1.54, 1.807) is 31.5 Å². The smallest absolute Gasteiger partial charge is 0.152 e. The topological polar surface area (TPSA) is 55.2 Å². The number of hydrogen-bond acceptors (Lipinski definition) is 4. The Morgan fingerprint density at radius 1 is 1.00 bits per heavy atom. The molecule has 0 radical (unpaired) electrons. The predicted octanol–water partition coefficient (Wildman–Crippen LogP) is 4.03. The number of methoxy groups -OCH3 is 1. The van der Waals surface area contributed by atoms with Gasteiger partial charge >= 0.3 is 0 Å². The van der Waals surface area contributed by atoms with Crippen LogP contribution in [0.1, 0.15) is 11.4 Å². The Morgan fingerprint density at radius 3 is 2.70 bits per heavy atom. The summed E-state index contributed by atoms with van der Waals surface area (Å²) in [5.74, 6) is 1.60. The third kappa shape index (κ3) is 3.55. The highest BCUT2D eigenvalue weighted by Crippen LogP contribution is 2.27. The molecule has 0 atom stereocenters. The van der Waals surface area contributed by atoms with Crippen molar-refractivity contribution < 1.29 is 9.84 Å². The molecule has 4 heteroatoms. The first-order chi connectivity index (χ1) is 11.3. The number of para-hydroxylation sites is 1. The van der Waals surface area contributed by atoms with Crippen molar-refractivity contribution in [2.75, 3.05) is 7.11 Å². The van der Waals surface area contributed by atoms with E-state index < -0.39 is 0 Å². The van der Waals surface area contributed by atoms with Gasteiger partial charge in [-0.05, 0) is 42.0 Å². The zero-order chi connectivity index (χ0) is 16.1. The SMILES string of the molecule is COc1ccccc1-c1ccnc(/C=C/c2cccc(O)c2)n1. The molecular formula is C19H16N2O2. The minimum absolute atomic E-state index is 0.232. The van der Waals surface area contributed by atoms with Crippen LogP contribution in [0.2, 0.25) is 0 Å². The number of rotatable bonds is 4. The van der Waals surface area contributed by atoms with Crippen LogP contribution in [0.25, 0.3) is 23.4 Å². The molecule has 0 aliphatic rings. The van der Waals surface area contributed by atoms with Crippen LogP contribution in [0.4, 0.5) is 0 Å². The molecule has 0 aliphatic carbocycles. The molecule has 3 rings (SSSR count). The Bertz CT molecular complexity index is 844. The number of aromatic hydroxyl groups is 1. The van der Waals surface area contributed by atoms with Crippen molar-refractivity contribution in [1.82, 2.24) is 9.97 Å². The van der Waals surface area contributed by atoms with E-state index in [2.05, 4.69) is 9.97 Å². The molecule has 1 N–H and O–H groups in total. The van der Waals surface area contributed by atoms with Gasteiger partial charge in [-0.15, -0.1) is 0 Å². The second kappa shape index (κ2) is 6.75. The number of aromatic nitrogens is 2. The molecule has 3 aromatic rings. The molecule has 4 nitrogen and oxygen atoms in total. The van der Waals surface area contributed by atoms with E-state index in [4.69, 9.17) is 4.74 Å². The summed E-state index contributed by atoms with van der Waals surface area (Å²) in [6.45, 7) is 0. The third-order valence-corrected chi connectivity index (χ3v) is 3.35. The Balaban J connectivity index is 1.91. The van der Waals surface area contributed by atoms with Gasteiger partial charge in [-0.2, -0.15) is 0 Å². The fraction of sp³-hybridized carbons (Fsp3) is 0.0526. The molecule has 0 saturated heterocycles. The molecular weight excluding hydrogens is 288 g/mol. The molecule has 0 saturated carbocycles. The lowest BCUT2D eigenvalue weighted by Gasteiger charge is -2.07. The lowest BCUT2D eigenvalue weighted by molar-refractivity contribution is 0.416. The summed E-state index contributed by atoms with van der Waals surface area (Å²) in [4.78, 5) is 8.81. The van der Waals surface area contributed by atoms with E-state index in [0.29, 0.717) is 5.82 Å². The standard InChI is InChI=1S/C19H16N2O2/c1-23-18-8-3-2-7-16(18)17-11-12-20-19(21-17)10-9-14-5-4-6-15(22)13-14/h2-13,22H,1H3/b10-9+. The van der Waals surface area contributed by atoms with Gasteiger partial charge < -0.3 is 9.84 Å². The highest BCUT2D eigenvalue weighted by atomic mass is 16.5. The van der Waals surface area contributed by atoms with Gasteiger partial charge in [-0.25, -0.2) is 9.97 Å². The summed E-state index contributed by atoms with van der Waals surface area (Å²) in [5.41, 5.74) is 2.61. The van der Waals surface area contributed by atoms with Gasteiger partial charge in [0.1, 0.15) is 11.5 Å². The molecule has 0 spiro atoms. The second-order valence-electron chi connectivity index (χ2n) is 4.93. The van der Waals surface area contributed by atoms with Crippen LogP contribution in [-0.2, 0) is 0 Å². The normalized spacial score (nSPS) is 10.8. The van der Waals surface area contributed by atoms with Crippen LogP contribution in [0.3, 0.4) is 0 Å². The number of benzene rings is 2. The average molecular weight is 304 g/mol. The number of nitrogens with zero attached hydrogens (tertiary/aromatic N) is 2. The summed E-state index contributed by atoms with van der Waals surface area (Å²) in [6, 6.07) is 16.6. The lowest BCUT2D eigenvalue weighted by atomic mass is 10.1. The maximum Gasteiger partial charge on any atom is 0.152 e. The van der Waals surface area contributed by atoms with Crippen LogP contribution < -0.4 is 4.74 Å². The van der Waals surface area contributed by atoms with Crippen LogP contribution >= 0.6 is 0 Å². The first kappa shape index (κ1) is 14.8. The van der Waals surface area contributed by atoms with Gasteiger partial charge in [0.2, 0.25) is 0 Å². The second-order valence-corrected chi connectivity index (χ2v) is 4.93. The first-order valence-corrected chi connectivity index (χ1v) is 7.20. The summed E-state index contributed by atoms with van der Waals surface area (Å²) in [7, 11) is 1.64. The Morgan fingerprint density at radius 2 is 1.87 bits per heavy atom. The van der Waals surface area contributed by atoms with E-state index in [1.165, 1.54) is 0 Å². The van der Waals surface area contributed by atoms with E-state index >= 15 is 0 Å². The van der Waals surface area contributed by atoms with Crippen molar-refractivity contribution in [3.05, 3.63) is 72.2 Å². The fourth-order valence-corrected chi connectivity index (χ4v) is 2.26. The summed E-state index contributed by atoms with van der Waals surface area (Å²) < 4.78 is 5.38. The molecule has 23 heavy (non-hydrogen) atoms. The third-order valence-electron chi connectivity index (χ3n) is 3.35. The van der Waals surface area contributed by atoms with E-state index in [-0.39, 0.29) is 5.75 Å². The van der Waals surface area contributed by atoms with Gasteiger partial charge in [0.25, 0.3) is 0 Å². The Labute approximate surface area is 134 Å². The van der Waals surface area contributed by atoms with E-state index in [9.17, 15) is 5.11 Å². The Kier molecular flexibility index (Phi) is 4.34. The summed E-state index contributed by atoms with van der Waals surface area (Å²) in [5, 5.41) is 9.48. The molecule has 2 aromatic carbocycles. The largest absolute Gasteiger partial charge is 0.508 e. The van der Waals surface area contributed by atoms with Gasteiger partial charge in [0.15, 0.2) is 5.82 Å². The van der Waals surface area contributed by atoms with Crippen LogP contribution in [0.5, 0.6) is 11.5 Å². The number of hydrogen-bond donors (Lipinski definition) is 1. The molecule has 114 valence electrons. The van der Waals surface area contributed by atoms with Crippen molar-refractivity contribution in [2.24, 2.45) is 0 Å². The lowest BCUT2D eigenvalue weighted by Crippen LogP contribution is -1.93. The fourth-order valence-electron chi connectivity index (χ4n) is 2.26. The van der Waals surface area contributed by atoms with Gasteiger partial charge in [0, 0.05) is 11.8 Å². The summed E-state index contributed by atoms with van der Waals surface area (Å²) >= 11 is 0. The maximum absolute atomic E-state index is 9.48. The first-order valence-electron chi connectivity index (χ1n) is 7.20. The molecule has 0 aliphatic heterocycles. The monoisotopic (exact) mass is 304 g/mol. The zero-order valence-corrected chi connectivity index (χ0v) is 12.7. The van der Waals surface area contributed by atoms with Gasteiger partial charge in [0.05, 0.1) is 12.8 Å². The van der Waals surface area contributed by atoms with Gasteiger partial charge in [-0.3, -0.25) is 0 Å². The van der Waals surface area contributed by atoms with Gasteiger partial charge in [-0.1, -0.05) is 30.3 Å². The minimum Gasteiger partial charge on any atom is -0.508 e. The van der Waals surface area contributed by atoms with Crippen molar-refractivity contribution in [3.63, 3.8) is 0 Å². The maximum atomic E-state index is 9.48. The van der Waals surface area contributed by atoms with Crippen LogP contribution in [-0.4, -0.2) is 22.2 Å². The zero-order valence-electron chi connectivity index (χ0n) is 12.7. The quantitative estimate of drug-likeness (QED) is 0.790. The van der Waals surface area contributed by atoms with Crippen LogP contribution in [0, 0.1) is 0 Å². The number of phenols is 1. The predicted molar refractivity (Wildman–Crippen MR) is 91.1 cm³/mol. The molecule has 0 amide bonds. The van der Waals surface area contributed by atoms with E-state index in [0.717, 1.165) is 22.6 Å². The Hall–Kier alpha value is -3.14. The highest BCUT2D eigenvalue weighted by Gasteiger charge is 2.06. The van der Waals surface area contributed by atoms with Crippen molar-refractivity contribution >= 4 is 12.2 Å². The van der Waals surface area contributed by atoms with Crippen molar-refractivity contribution in [3.8, 4) is 22.8 Å². The highest BCUT2D eigenvalue weighted by molar-refractivity contribution is 5.70.